The van der Waals surface area contributed by atoms with Crippen molar-refractivity contribution in [3.63, 3.8) is 0 Å². The fourth-order valence-electron chi connectivity index (χ4n) is 1.20. The van der Waals surface area contributed by atoms with Crippen LogP contribution in [0.1, 0.15) is 20.3 Å². The fourth-order valence-corrected chi connectivity index (χ4v) is 1.35. The maximum atomic E-state index is 11.5. The second-order valence-electron chi connectivity index (χ2n) is 4.09. The summed E-state index contributed by atoms with van der Waals surface area (Å²) in [6.45, 7) is 5.05. The Morgan fingerprint density at radius 3 is 2.88 bits per heavy atom. The van der Waals surface area contributed by atoms with E-state index in [-0.39, 0.29) is 18.3 Å². The third kappa shape index (κ3) is 4.10. The van der Waals surface area contributed by atoms with Gasteiger partial charge in [-0.3, -0.25) is 9.48 Å². The van der Waals surface area contributed by atoms with Crippen LogP contribution in [0.5, 0.6) is 0 Å². The number of halogens is 1. The van der Waals surface area contributed by atoms with Gasteiger partial charge in [0.1, 0.15) is 11.6 Å². The molecule has 5 nitrogen and oxygen atoms in total. The SMILES string of the molecule is CC(C)CCNC(=O)Cn1cc(Cl)c(N)n1. The van der Waals surface area contributed by atoms with Crippen molar-refractivity contribution in [2.45, 2.75) is 26.8 Å². The largest absolute Gasteiger partial charge is 0.381 e. The summed E-state index contributed by atoms with van der Waals surface area (Å²) in [5.41, 5.74) is 5.46. The van der Waals surface area contributed by atoms with Gasteiger partial charge in [-0.2, -0.15) is 5.10 Å². The highest BCUT2D eigenvalue weighted by Crippen LogP contribution is 2.14. The van der Waals surface area contributed by atoms with Crippen LogP contribution in [0.15, 0.2) is 6.20 Å². The first-order valence-electron chi connectivity index (χ1n) is 5.24. The Bertz CT molecular complexity index is 342. The molecule has 1 amide bonds. The van der Waals surface area contributed by atoms with Crippen molar-refractivity contribution in [1.29, 1.82) is 0 Å². The van der Waals surface area contributed by atoms with Crippen LogP contribution in [0, 0.1) is 5.92 Å². The minimum Gasteiger partial charge on any atom is -0.381 e. The molecule has 1 rings (SSSR count). The summed E-state index contributed by atoms with van der Waals surface area (Å²) in [7, 11) is 0. The van der Waals surface area contributed by atoms with E-state index in [0.29, 0.717) is 17.5 Å². The molecule has 0 fully saturated rings. The predicted octanol–water partition coefficient (Wildman–Crippen LogP) is 1.28. The van der Waals surface area contributed by atoms with Gasteiger partial charge in [-0.15, -0.1) is 0 Å². The second-order valence-corrected chi connectivity index (χ2v) is 4.50. The number of nitrogens with one attached hydrogen (secondary N) is 1. The molecule has 0 bridgehead atoms. The van der Waals surface area contributed by atoms with Crippen molar-refractivity contribution >= 4 is 23.3 Å². The summed E-state index contributed by atoms with van der Waals surface area (Å²) in [6, 6.07) is 0. The fraction of sp³-hybridized carbons (Fsp3) is 0.600. The molecule has 0 radical (unpaired) electrons. The molecule has 90 valence electrons. The van der Waals surface area contributed by atoms with E-state index in [9.17, 15) is 4.79 Å². The lowest BCUT2D eigenvalue weighted by molar-refractivity contribution is -0.121. The molecular formula is C10H17ClN4O. The molecule has 16 heavy (non-hydrogen) atoms. The van der Waals surface area contributed by atoms with Gasteiger partial charge in [0.25, 0.3) is 0 Å². The van der Waals surface area contributed by atoms with Crippen molar-refractivity contribution in [2.24, 2.45) is 5.92 Å². The summed E-state index contributed by atoms with van der Waals surface area (Å²) in [6.07, 6.45) is 2.51. The van der Waals surface area contributed by atoms with E-state index >= 15 is 0 Å². The van der Waals surface area contributed by atoms with Crippen LogP contribution in [-0.4, -0.2) is 22.2 Å². The Labute approximate surface area is 99.9 Å². The number of rotatable bonds is 5. The first-order valence-corrected chi connectivity index (χ1v) is 5.62. The van der Waals surface area contributed by atoms with Crippen LogP contribution in [0.25, 0.3) is 0 Å². The summed E-state index contributed by atoms with van der Waals surface area (Å²) < 4.78 is 1.43. The molecule has 0 atom stereocenters. The zero-order valence-electron chi connectivity index (χ0n) is 9.53. The summed E-state index contributed by atoms with van der Waals surface area (Å²) in [5.74, 6) is 0.742. The lowest BCUT2D eigenvalue weighted by Gasteiger charge is -2.06. The first kappa shape index (κ1) is 12.8. The number of hydrogen-bond donors (Lipinski definition) is 2. The highest BCUT2D eigenvalue weighted by Gasteiger charge is 2.07. The van der Waals surface area contributed by atoms with E-state index in [0.717, 1.165) is 6.42 Å². The van der Waals surface area contributed by atoms with Crippen molar-refractivity contribution in [3.05, 3.63) is 11.2 Å². The van der Waals surface area contributed by atoms with Crippen LogP contribution in [0.4, 0.5) is 5.82 Å². The van der Waals surface area contributed by atoms with Gasteiger partial charge in [0, 0.05) is 12.7 Å². The van der Waals surface area contributed by atoms with Gasteiger partial charge in [0.2, 0.25) is 5.91 Å². The second kappa shape index (κ2) is 5.75. The maximum Gasteiger partial charge on any atom is 0.241 e. The number of aromatic nitrogens is 2. The Kier molecular flexibility index (Phi) is 4.61. The average Bonchev–Trinajstić information content (AvgIpc) is 2.44. The molecule has 3 N–H and O–H groups in total. The molecule has 1 aromatic heterocycles. The molecule has 0 aliphatic rings. The summed E-state index contributed by atoms with van der Waals surface area (Å²) >= 11 is 5.72. The third-order valence-electron chi connectivity index (χ3n) is 2.09. The van der Waals surface area contributed by atoms with Crippen molar-refractivity contribution in [1.82, 2.24) is 15.1 Å². The van der Waals surface area contributed by atoms with Crippen molar-refractivity contribution < 1.29 is 4.79 Å². The Hall–Kier alpha value is -1.23. The third-order valence-corrected chi connectivity index (χ3v) is 2.38. The van der Waals surface area contributed by atoms with Gasteiger partial charge in [-0.25, -0.2) is 0 Å². The Morgan fingerprint density at radius 2 is 2.38 bits per heavy atom. The van der Waals surface area contributed by atoms with Crippen LogP contribution < -0.4 is 11.1 Å². The number of nitrogen functional groups attached to an aromatic ring is 1. The molecule has 0 aromatic carbocycles. The summed E-state index contributed by atoms with van der Waals surface area (Å²) in [5, 5.41) is 7.07. The lowest BCUT2D eigenvalue weighted by Crippen LogP contribution is -2.29. The molecule has 0 saturated heterocycles. The van der Waals surface area contributed by atoms with Crippen molar-refractivity contribution in [2.75, 3.05) is 12.3 Å². The van der Waals surface area contributed by atoms with E-state index in [1.54, 1.807) is 6.20 Å². The van der Waals surface area contributed by atoms with Crippen LogP contribution in [-0.2, 0) is 11.3 Å². The van der Waals surface area contributed by atoms with Crippen molar-refractivity contribution in [3.8, 4) is 0 Å². The van der Waals surface area contributed by atoms with Crippen LogP contribution in [0.3, 0.4) is 0 Å². The van der Waals surface area contributed by atoms with E-state index in [1.807, 2.05) is 0 Å². The first-order chi connectivity index (χ1) is 7.49. The van der Waals surface area contributed by atoms with E-state index in [2.05, 4.69) is 24.3 Å². The molecule has 0 saturated carbocycles. The molecule has 0 aliphatic heterocycles. The zero-order chi connectivity index (χ0) is 12.1. The minimum atomic E-state index is -0.0835. The highest BCUT2D eigenvalue weighted by molar-refractivity contribution is 6.32. The number of amides is 1. The maximum absolute atomic E-state index is 11.5. The number of nitrogens with two attached hydrogens (primary N) is 1. The standard InChI is InChI=1S/C10H17ClN4O/c1-7(2)3-4-13-9(16)6-15-5-8(11)10(12)14-15/h5,7H,3-4,6H2,1-2H3,(H2,12,14)(H,13,16). The van der Waals surface area contributed by atoms with Gasteiger partial charge >= 0.3 is 0 Å². The average molecular weight is 245 g/mol. The number of nitrogens with zero attached hydrogens (tertiary/aromatic N) is 2. The van der Waals surface area contributed by atoms with E-state index in [1.165, 1.54) is 4.68 Å². The Morgan fingerprint density at radius 1 is 1.69 bits per heavy atom. The monoisotopic (exact) mass is 244 g/mol. The molecule has 0 unspecified atom stereocenters. The molecule has 0 aliphatic carbocycles. The highest BCUT2D eigenvalue weighted by atomic mass is 35.5. The van der Waals surface area contributed by atoms with E-state index < -0.39 is 0 Å². The van der Waals surface area contributed by atoms with Gasteiger partial charge < -0.3 is 11.1 Å². The smallest absolute Gasteiger partial charge is 0.241 e. The minimum absolute atomic E-state index is 0.0835. The molecule has 6 heteroatoms. The van der Waals surface area contributed by atoms with Gasteiger partial charge in [0.15, 0.2) is 5.82 Å². The van der Waals surface area contributed by atoms with Crippen LogP contribution >= 0.6 is 11.6 Å². The molecular weight excluding hydrogens is 228 g/mol. The zero-order valence-corrected chi connectivity index (χ0v) is 10.3. The topological polar surface area (TPSA) is 72.9 Å². The van der Waals surface area contributed by atoms with Gasteiger partial charge in [-0.1, -0.05) is 25.4 Å². The lowest BCUT2D eigenvalue weighted by atomic mass is 10.1. The predicted molar refractivity (Wildman–Crippen MR) is 64.1 cm³/mol. The van der Waals surface area contributed by atoms with E-state index in [4.69, 9.17) is 17.3 Å². The number of hydrogen-bond acceptors (Lipinski definition) is 3. The molecule has 1 heterocycles. The number of carbonyl (C=O) groups excluding carboxylic acids is 1. The quantitative estimate of drug-likeness (QED) is 0.820. The van der Waals surface area contributed by atoms with Crippen LogP contribution in [0.2, 0.25) is 5.02 Å². The molecule has 0 spiro atoms. The Balaban J connectivity index is 2.34. The number of carbonyl (C=O) groups is 1. The van der Waals surface area contributed by atoms with Gasteiger partial charge in [0.05, 0.1) is 0 Å². The normalized spacial score (nSPS) is 10.8. The molecule has 1 aromatic rings. The summed E-state index contributed by atoms with van der Waals surface area (Å²) in [4.78, 5) is 11.5. The number of anilines is 1. The van der Waals surface area contributed by atoms with Gasteiger partial charge in [-0.05, 0) is 12.3 Å².